The summed E-state index contributed by atoms with van der Waals surface area (Å²) in [5.74, 6) is 0.502. The molecule has 0 saturated heterocycles. The summed E-state index contributed by atoms with van der Waals surface area (Å²) in [5.41, 5.74) is 0.256. The molecular formula is C22H31NO3. The lowest BCUT2D eigenvalue weighted by Gasteiger charge is -2.59. The number of fused-ring (bicyclic) bond motifs is 5. The number of hydrogen-bond acceptors (Lipinski definition) is 4. The van der Waals surface area contributed by atoms with Gasteiger partial charge in [0.1, 0.15) is 6.07 Å². The largest absolute Gasteiger partial charge is 0.443 e. The number of rotatable bonds is 1. The molecule has 3 saturated carbocycles. The summed E-state index contributed by atoms with van der Waals surface area (Å²) in [6.07, 6.45) is 9.89. The van der Waals surface area contributed by atoms with E-state index in [4.69, 9.17) is 4.74 Å². The van der Waals surface area contributed by atoms with Gasteiger partial charge in [-0.2, -0.15) is 5.26 Å². The van der Waals surface area contributed by atoms with Crippen LogP contribution in [0.5, 0.6) is 0 Å². The first-order valence-corrected chi connectivity index (χ1v) is 10.3. The minimum Gasteiger partial charge on any atom is -0.443 e. The number of aliphatic hydroxyl groups excluding tert-OH is 1. The Bertz CT molecular complexity index is 694. The molecule has 7 unspecified atom stereocenters. The lowest BCUT2D eigenvalue weighted by Crippen LogP contribution is -2.57. The molecule has 4 rings (SSSR count). The molecule has 3 fully saturated rings. The van der Waals surface area contributed by atoms with Gasteiger partial charge in [0.05, 0.1) is 6.10 Å². The minimum absolute atomic E-state index is 0.173. The first-order valence-electron chi connectivity index (χ1n) is 10.3. The maximum absolute atomic E-state index is 11.7. The molecule has 0 aromatic heterocycles. The Morgan fingerprint density at radius 2 is 1.96 bits per heavy atom. The number of carbonyl (C=O) groups excluding carboxylic acids is 1. The minimum atomic E-state index is -1.04. The van der Waals surface area contributed by atoms with Crippen molar-refractivity contribution in [2.75, 3.05) is 0 Å². The van der Waals surface area contributed by atoms with Crippen LogP contribution in [0.2, 0.25) is 0 Å². The molecule has 1 N–H and O–H groups in total. The molecule has 0 bridgehead atoms. The molecule has 0 aromatic carbocycles. The smallest absolute Gasteiger partial charge is 0.304 e. The molecule has 0 spiro atoms. The van der Waals surface area contributed by atoms with Crippen LogP contribution in [0.3, 0.4) is 0 Å². The van der Waals surface area contributed by atoms with Crippen molar-refractivity contribution in [1.29, 1.82) is 5.26 Å². The first kappa shape index (κ1) is 18.0. The Labute approximate surface area is 156 Å². The van der Waals surface area contributed by atoms with Crippen molar-refractivity contribution < 1.29 is 14.6 Å². The molecule has 142 valence electrons. The topological polar surface area (TPSA) is 70.3 Å². The zero-order chi connectivity index (χ0) is 18.7. The lowest BCUT2D eigenvalue weighted by molar-refractivity contribution is -0.172. The molecule has 4 nitrogen and oxygen atoms in total. The fraction of sp³-hybridized carbons (Fsp3) is 0.818. The van der Waals surface area contributed by atoms with Crippen molar-refractivity contribution >= 4 is 5.97 Å². The van der Waals surface area contributed by atoms with E-state index in [-0.39, 0.29) is 28.6 Å². The number of ether oxygens (including phenoxy) is 1. The second-order valence-corrected chi connectivity index (χ2v) is 9.62. The number of aliphatic hydroxyl groups is 1. The predicted octanol–water partition coefficient (Wildman–Crippen LogP) is 4.14. The maximum Gasteiger partial charge on any atom is 0.304 e. The third-order valence-corrected chi connectivity index (χ3v) is 8.66. The summed E-state index contributed by atoms with van der Waals surface area (Å²) in [6, 6.07) is 2.38. The first-order chi connectivity index (χ1) is 12.3. The quantitative estimate of drug-likeness (QED) is 0.566. The zero-order valence-corrected chi connectivity index (χ0v) is 16.3. The number of carbonyl (C=O) groups is 1. The van der Waals surface area contributed by atoms with Gasteiger partial charge in [0.25, 0.3) is 0 Å². The molecule has 4 aliphatic carbocycles. The van der Waals surface area contributed by atoms with Crippen LogP contribution < -0.4 is 0 Å². The van der Waals surface area contributed by atoms with Crippen LogP contribution >= 0.6 is 0 Å². The van der Waals surface area contributed by atoms with Gasteiger partial charge in [-0.3, -0.25) is 4.79 Å². The average Bonchev–Trinajstić information content (AvgIpc) is 2.88. The highest BCUT2D eigenvalue weighted by molar-refractivity contribution is 5.67. The molecule has 0 aliphatic heterocycles. The summed E-state index contributed by atoms with van der Waals surface area (Å²) in [4.78, 5) is 11.7. The van der Waals surface area contributed by atoms with E-state index in [1.54, 1.807) is 0 Å². The summed E-state index contributed by atoms with van der Waals surface area (Å²) >= 11 is 0. The average molecular weight is 357 g/mol. The summed E-state index contributed by atoms with van der Waals surface area (Å²) in [7, 11) is 0. The molecule has 0 amide bonds. The van der Waals surface area contributed by atoms with Gasteiger partial charge in [-0.1, -0.05) is 31.9 Å². The van der Waals surface area contributed by atoms with Gasteiger partial charge >= 0.3 is 5.97 Å². The van der Waals surface area contributed by atoms with Gasteiger partial charge < -0.3 is 9.84 Å². The number of nitrogens with zero attached hydrogens (tertiary/aromatic N) is 1. The molecule has 0 heterocycles. The van der Waals surface area contributed by atoms with Gasteiger partial charge in [0, 0.05) is 18.8 Å². The molecule has 26 heavy (non-hydrogen) atoms. The van der Waals surface area contributed by atoms with E-state index < -0.39 is 11.7 Å². The van der Waals surface area contributed by atoms with Gasteiger partial charge in [0.15, 0.2) is 0 Å². The van der Waals surface area contributed by atoms with Crippen molar-refractivity contribution in [1.82, 2.24) is 0 Å². The Morgan fingerprint density at radius 1 is 1.23 bits per heavy atom. The number of nitriles is 1. The van der Waals surface area contributed by atoms with Crippen molar-refractivity contribution in [3.8, 4) is 6.07 Å². The van der Waals surface area contributed by atoms with E-state index in [1.165, 1.54) is 31.8 Å². The van der Waals surface area contributed by atoms with Gasteiger partial charge in [-0.15, -0.1) is 0 Å². The van der Waals surface area contributed by atoms with Gasteiger partial charge in [-0.05, 0) is 61.7 Å². The predicted molar refractivity (Wildman–Crippen MR) is 97.8 cm³/mol. The van der Waals surface area contributed by atoms with Crippen molar-refractivity contribution in [2.24, 2.45) is 28.6 Å². The van der Waals surface area contributed by atoms with Crippen molar-refractivity contribution in [3.63, 3.8) is 0 Å². The van der Waals surface area contributed by atoms with Crippen LogP contribution in [0.25, 0.3) is 0 Å². The molecule has 4 aliphatic rings. The molecule has 0 aromatic rings. The summed E-state index contributed by atoms with van der Waals surface area (Å²) < 4.78 is 5.67. The van der Waals surface area contributed by atoms with E-state index >= 15 is 0 Å². The Morgan fingerprint density at radius 3 is 2.65 bits per heavy atom. The van der Waals surface area contributed by atoms with Crippen LogP contribution in [0, 0.1) is 39.9 Å². The zero-order valence-electron chi connectivity index (χ0n) is 16.3. The number of hydrogen-bond donors (Lipinski definition) is 1. The van der Waals surface area contributed by atoms with Crippen molar-refractivity contribution in [2.45, 2.75) is 83.8 Å². The SMILES string of the molecule is CC(=O)OC1(C#N)CCC2C3C(O)C=C4CCCCC4(C)C3CCC21C. The second kappa shape index (κ2) is 5.83. The highest BCUT2D eigenvalue weighted by atomic mass is 16.6. The van der Waals surface area contributed by atoms with Crippen LogP contribution in [0.1, 0.15) is 72.1 Å². The van der Waals surface area contributed by atoms with E-state index in [2.05, 4.69) is 26.0 Å². The fourth-order valence-corrected chi connectivity index (χ4v) is 7.30. The van der Waals surface area contributed by atoms with E-state index in [1.807, 2.05) is 0 Å². The van der Waals surface area contributed by atoms with Gasteiger partial charge in [0.2, 0.25) is 5.60 Å². The van der Waals surface area contributed by atoms with Crippen LogP contribution in [-0.2, 0) is 9.53 Å². The Kier molecular flexibility index (Phi) is 4.04. The normalized spacial score (nSPS) is 49.9. The third kappa shape index (κ3) is 2.19. The third-order valence-electron chi connectivity index (χ3n) is 8.66. The number of allylic oxidation sites excluding steroid dienone is 1. The van der Waals surface area contributed by atoms with E-state index in [0.717, 1.165) is 25.7 Å². The lowest BCUT2D eigenvalue weighted by atomic mass is 9.46. The summed E-state index contributed by atoms with van der Waals surface area (Å²) in [6.45, 7) is 5.93. The van der Waals surface area contributed by atoms with Crippen LogP contribution in [0.4, 0.5) is 0 Å². The maximum atomic E-state index is 11.7. The highest BCUT2D eigenvalue weighted by Gasteiger charge is 2.67. The fourth-order valence-electron chi connectivity index (χ4n) is 7.30. The van der Waals surface area contributed by atoms with Crippen LogP contribution in [0.15, 0.2) is 11.6 Å². The molecule has 7 atom stereocenters. The van der Waals surface area contributed by atoms with Crippen LogP contribution in [-0.4, -0.2) is 22.8 Å². The standard InChI is InChI=1S/C22H31NO3/c1-14(24)26-22(13-23)11-8-17-19-16(7-10-21(17,22)3)20(2)9-5-4-6-15(20)12-18(19)25/h12,16-19,25H,4-11H2,1-3H3. The molecule has 0 radical (unpaired) electrons. The Balaban J connectivity index is 1.74. The molecular weight excluding hydrogens is 326 g/mol. The number of esters is 1. The van der Waals surface area contributed by atoms with Gasteiger partial charge in [-0.25, -0.2) is 0 Å². The summed E-state index contributed by atoms with van der Waals surface area (Å²) in [5, 5.41) is 21.0. The van der Waals surface area contributed by atoms with E-state index in [0.29, 0.717) is 12.3 Å². The Hall–Kier alpha value is -1.34. The monoisotopic (exact) mass is 357 g/mol. The second-order valence-electron chi connectivity index (χ2n) is 9.62. The highest BCUT2D eigenvalue weighted by Crippen LogP contribution is 2.67. The molecule has 4 heteroatoms. The van der Waals surface area contributed by atoms with E-state index in [9.17, 15) is 15.2 Å². The van der Waals surface area contributed by atoms with Crippen molar-refractivity contribution in [3.05, 3.63) is 11.6 Å².